The lowest BCUT2D eigenvalue weighted by Gasteiger charge is -2.46. The minimum atomic E-state index is -2.12. The number of fused-ring (bicyclic) bond motifs is 3. The summed E-state index contributed by atoms with van der Waals surface area (Å²) in [4.78, 5) is 78.3. The highest BCUT2D eigenvalue weighted by Gasteiger charge is 2.75. The SMILES string of the molecule is C=CCNC(=O)[C@@H]1[C@H]2C(=O)O[C@H](c3ccccc3)[C@H](c3ccccc3)N2[C@H](c2cccc(OCCO)c2)[C@@]12C(=O)N(C(=O)N[C@H](C(=O)OC)C(C)C)c1ccc(C#CC3(O)CCCCCC3)cc12. The maximum Gasteiger partial charge on any atom is 0.329 e. The van der Waals surface area contributed by atoms with Crippen molar-refractivity contribution in [2.75, 3.05) is 31.8 Å². The van der Waals surface area contributed by atoms with Gasteiger partial charge in [0.05, 0.1) is 37.4 Å². The molecule has 3 fully saturated rings. The van der Waals surface area contributed by atoms with E-state index in [9.17, 15) is 15.0 Å². The van der Waals surface area contributed by atoms with Crippen LogP contribution in [0, 0.1) is 23.7 Å². The molecule has 4 aromatic rings. The molecule has 4 aromatic carbocycles. The second-order valence-corrected chi connectivity index (χ2v) is 18.2. The Morgan fingerprint density at radius 1 is 0.897 bits per heavy atom. The molecule has 0 radical (unpaired) electrons. The van der Waals surface area contributed by atoms with Crippen LogP contribution in [0.5, 0.6) is 5.75 Å². The standard InChI is InChI=1S/C54H58N4O10/c1-5-29-55-48(60)42-45-50(62)68-46(37-19-12-9-13-20-37)44(36-17-10-8-11-18-36)58(45)47(38-21-16-22-39(33-38)67-31-30-59)54(42)40-32-35(25-28-53(65)26-14-6-7-15-27-53)23-24-41(40)57(51(54)63)52(64)56-43(34(2)3)49(61)66-4/h5,8-13,16-24,32-34,42-47,59,65H,1,6-7,14-15,26-27,29-31H2,2-4H3,(H,55,60)(H,56,64)/t42-,43-,44-,45-,46+,47+,54-/m0/s1. The first kappa shape index (κ1) is 47.7. The zero-order valence-electron chi connectivity index (χ0n) is 38.6. The van der Waals surface area contributed by atoms with Crippen molar-refractivity contribution in [2.45, 2.75) is 93.7 Å². The normalized spacial score (nSPS) is 24.4. The van der Waals surface area contributed by atoms with Crippen LogP contribution < -0.4 is 20.3 Å². The maximum atomic E-state index is 16.5. The fourth-order valence-electron chi connectivity index (χ4n) is 10.7. The zero-order valence-corrected chi connectivity index (χ0v) is 38.6. The Kier molecular flexibility index (Phi) is 14.2. The number of urea groups is 1. The first-order chi connectivity index (χ1) is 32.9. The minimum Gasteiger partial charge on any atom is -0.491 e. The van der Waals surface area contributed by atoms with Gasteiger partial charge in [-0.25, -0.2) is 14.5 Å². The van der Waals surface area contributed by atoms with E-state index in [0.29, 0.717) is 40.8 Å². The van der Waals surface area contributed by atoms with E-state index >= 15 is 19.2 Å². The van der Waals surface area contributed by atoms with Crippen molar-refractivity contribution >= 4 is 35.5 Å². The minimum absolute atomic E-state index is 0.0262. The van der Waals surface area contributed by atoms with Crippen LogP contribution in [0.4, 0.5) is 10.5 Å². The molecule has 1 spiro atoms. The van der Waals surface area contributed by atoms with Gasteiger partial charge in [0.2, 0.25) is 11.8 Å². The molecule has 3 heterocycles. The number of cyclic esters (lactones) is 1. The van der Waals surface area contributed by atoms with Crippen molar-refractivity contribution in [2.24, 2.45) is 11.8 Å². The number of aliphatic hydroxyl groups excluding tert-OH is 1. The summed E-state index contributed by atoms with van der Waals surface area (Å²) in [5.74, 6) is 1.60. The first-order valence-corrected chi connectivity index (χ1v) is 23.3. The summed E-state index contributed by atoms with van der Waals surface area (Å²) in [6, 6.07) is 24.9. The van der Waals surface area contributed by atoms with Gasteiger partial charge in [-0.2, -0.15) is 0 Å². The molecule has 14 heteroatoms. The molecule has 2 saturated heterocycles. The Balaban J connectivity index is 1.46. The van der Waals surface area contributed by atoms with Crippen LogP contribution in [-0.4, -0.2) is 89.5 Å². The molecule has 1 aliphatic carbocycles. The summed E-state index contributed by atoms with van der Waals surface area (Å²) in [6.45, 7) is 6.92. The number of carbonyl (C=O) groups excluding carboxylic acids is 5. The van der Waals surface area contributed by atoms with Gasteiger partial charge in [0.25, 0.3) is 0 Å². The molecule has 0 bridgehead atoms. The van der Waals surface area contributed by atoms with E-state index in [4.69, 9.17) is 14.2 Å². The Morgan fingerprint density at radius 2 is 1.57 bits per heavy atom. The summed E-state index contributed by atoms with van der Waals surface area (Å²) in [5, 5.41) is 27.1. The number of anilines is 1. The number of carbonyl (C=O) groups is 5. The van der Waals surface area contributed by atoms with E-state index in [1.807, 2.05) is 65.6 Å². The van der Waals surface area contributed by atoms with Crippen LogP contribution in [0.2, 0.25) is 0 Å². The monoisotopic (exact) mass is 922 g/mol. The highest BCUT2D eigenvalue weighted by Crippen LogP contribution is 2.66. The molecule has 354 valence electrons. The van der Waals surface area contributed by atoms with E-state index in [2.05, 4.69) is 29.1 Å². The van der Waals surface area contributed by atoms with Gasteiger partial charge in [-0.1, -0.05) is 117 Å². The van der Waals surface area contributed by atoms with Gasteiger partial charge in [-0.3, -0.25) is 19.3 Å². The first-order valence-electron chi connectivity index (χ1n) is 23.3. The summed E-state index contributed by atoms with van der Waals surface area (Å²) in [6.07, 6.45) is 5.10. The number of nitrogens with one attached hydrogen (secondary N) is 2. The molecule has 0 aromatic heterocycles. The lowest BCUT2D eigenvalue weighted by atomic mass is 9.65. The third kappa shape index (κ3) is 8.77. The number of rotatable bonds is 12. The number of amides is 4. The second kappa shape index (κ2) is 20.2. The highest BCUT2D eigenvalue weighted by molar-refractivity contribution is 6.25. The predicted molar refractivity (Wildman–Crippen MR) is 253 cm³/mol. The van der Waals surface area contributed by atoms with E-state index in [1.165, 1.54) is 13.2 Å². The fraction of sp³-hybridized carbons (Fsp3) is 0.389. The molecule has 68 heavy (non-hydrogen) atoms. The van der Waals surface area contributed by atoms with E-state index in [0.717, 1.165) is 30.6 Å². The van der Waals surface area contributed by atoms with E-state index in [1.54, 1.807) is 56.3 Å². The van der Waals surface area contributed by atoms with Crippen LogP contribution in [0.15, 0.2) is 116 Å². The molecule has 4 aliphatic rings. The van der Waals surface area contributed by atoms with Gasteiger partial charge in [-0.15, -0.1) is 6.58 Å². The van der Waals surface area contributed by atoms with Crippen molar-refractivity contribution in [3.05, 3.63) is 144 Å². The number of ether oxygens (including phenoxy) is 3. The quantitative estimate of drug-likeness (QED) is 0.0536. The Morgan fingerprint density at radius 3 is 2.22 bits per heavy atom. The fourth-order valence-corrected chi connectivity index (χ4v) is 10.7. The Labute approximate surface area is 396 Å². The molecule has 7 atom stereocenters. The molecule has 4 N–H and O–H groups in total. The van der Waals surface area contributed by atoms with Gasteiger partial charge in [0.1, 0.15) is 41.6 Å². The smallest absolute Gasteiger partial charge is 0.329 e. The van der Waals surface area contributed by atoms with Crippen molar-refractivity contribution in [1.29, 1.82) is 0 Å². The average molecular weight is 923 g/mol. The van der Waals surface area contributed by atoms with Crippen LogP contribution in [-0.2, 0) is 34.1 Å². The Bertz CT molecular complexity index is 2600. The lowest BCUT2D eigenvalue weighted by molar-refractivity contribution is -0.178. The predicted octanol–water partition coefficient (Wildman–Crippen LogP) is 6.37. The number of benzene rings is 4. The molecule has 1 saturated carbocycles. The Hall–Kier alpha value is -6.79. The lowest BCUT2D eigenvalue weighted by Crippen LogP contribution is -2.57. The molecule has 3 aliphatic heterocycles. The van der Waals surface area contributed by atoms with Crippen LogP contribution >= 0.6 is 0 Å². The number of hydrogen-bond acceptors (Lipinski definition) is 11. The van der Waals surface area contributed by atoms with Gasteiger partial charge in [0.15, 0.2) is 0 Å². The van der Waals surface area contributed by atoms with Crippen molar-refractivity contribution in [3.8, 4) is 17.6 Å². The third-order valence-electron chi connectivity index (χ3n) is 13.7. The van der Waals surface area contributed by atoms with Crippen molar-refractivity contribution < 1.29 is 48.4 Å². The van der Waals surface area contributed by atoms with Gasteiger partial charge in [0, 0.05) is 12.1 Å². The summed E-state index contributed by atoms with van der Waals surface area (Å²) in [7, 11) is 1.21. The molecular weight excluding hydrogens is 865 g/mol. The molecule has 8 rings (SSSR count). The number of nitrogens with zero attached hydrogens (tertiary/aromatic N) is 2. The van der Waals surface area contributed by atoms with Crippen LogP contribution in [0.25, 0.3) is 0 Å². The number of methoxy groups -OCH3 is 1. The number of esters is 2. The molecular formula is C54H58N4O10. The van der Waals surface area contributed by atoms with Crippen LogP contribution in [0.1, 0.15) is 98.4 Å². The number of morpholine rings is 1. The topological polar surface area (TPSA) is 184 Å². The number of aliphatic hydroxyl groups is 2. The third-order valence-corrected chi connectivity index (χ3v) is 13.7. The molecule has 4 amide bonds. The molecule has 14 nitrogen and oxygen atoms in total. The summed E-state index contributed by atoms with van der Waals surface area (Å²) < 4.78 is 17.6. The highest BCUT2D eigenvalue weighted by atomic mass is 16.6. The summed E-state index contributed by atoms with van der Waals surface area (Å²) in [5.41, 5.74) is -0.841. The number of hydrogen-bond donors (Lipinski definition) is 4. The molecule has 0 unspecified atom stereocenters. The average Bonchev–Trinajstić information content (AvgIpc) is 3.69. The van der Waals surface area contributed by atoms with Gasteiger partial charge in [-0.05, 0) is 84.2 Å². The van der Waals surface area contributed by atoms with Gasteiger partial charge < -0.3 is 35.1 Å². The van der Waals surface area contributed by atoms with Crippen molar-refractivity contribution in [1.82, 2.24) is 15.5 Å². The van der Waals surface area contributed by atoms with Gasteiger partial charge >= 0.3 is 18.0 Å². The zero-order chi connectivity index (χ0) is 48.2. The number of imide groups is 1. The maximum absolute atomic E-state index is 16.5. The van der Waals surface area contributed by atoms with Crippen molar-refractivity contribution in [3.63, 3.8) is 0 Å². The van der Waals surface area contributed by atoms with E-state index < -0.39 is 82.9 Å². The summed E-state index contributed by atoms with van der Waals surface area (Å²) >= 11 is 0. The second-order valence-electron chi connectivity index (χ2n) is 18.2. The largest absolute Gasteiger partial charge is 0.491 e. The van der Waals surface area contributed by atoms with Crippen LogP contribution in [0.3, 0.4) is 0 Å². The van der Waals surface area contributed by atoms with E-state index in [-0.39, 0.29) is 31.0 Å².